The van der Waals surface area contributed by atoms with E-state index in [0.717, 1.165) is 37.2 Å². The van der Waals surface area contributed by atoms with Crippen LogP contribution in [0.1, 0.15) is 31.7 Å². The number of urea groups is 1. The van der Waals surface area contributed by atoms with Crippen molar-refractivity contribution in [2.75, 3.05) is 18.4 Å². The van der Waals surface area contributed by atoms with Crippen LogP contribution in [0.15, 0.2) is 24.3 Å². The highest BCUT2D eigenvalue weighted by molar-refractivity contribution is 5.89. The van der Waals surface area contributed by atoms with E-state index in [1.165, 1.54) is 6.42 Å². The van der Waals surface area contributed by atoms with Gasteiger partial charge in [0.15, 0.2) is 0 Å². The van der Waals surface area contributed by atoms with E-state index in [1.54, 1.807) is 0 Å². The molecule has 0 bridgehead atoms. The Morgan fingerprint density at radius 1 is 1.50 bits per heavy atom. The van der Waals surface area contributed by atoms with Crippen molar-refractivity contribution in [1.82, 2.24) is 4.90 Å². The number of aryl methyl sites for hydroxylation is 1. The van der Waals surface area contributed by atoms with Crippen LogP contribution in [0.25, 0.3) is 0 Å². The quantitative estimate of drug-likeness (QED) is 0.848. The molecule has 3 nitrogen and oxygen atoms in total. The van der Waals surface area contributed by atoms with Gasteiger partial charge >= 0.3 is 6.03 Å². The molecule has 1 aliphatic heterocycles. The molecule has 0 radical (unpaired) electrons. The first-order valence-corrected chi connectivity index (χ1v) is 6.81. The van der Waals surface area contributed by atoms with Crippen molar-refractivity contribution >= 4 is 11.7 Å². The smallest absolute Gasteiger partial charge is 0.321 e. The van der Waals surface area contributed by atoms with E-state index in [4.69, 9.17) is 0 Å². The van der Waals surface area contributed by atoms with E-state index in [2.05, 4.69) is 12.2 Å². The number of nitrogens with zero attached hydrogens (tertiary/aromatic N) is 1. The lowest BCUT2D eigenvalue weighted by Gasteiger charge is -2.32. The number of hydrogen-bond donors (Lipinski definition) is 1. The maximum Gasteiger partial charge on any atom is 0.321 e. The number of carbonyl (C=O) groups excluding carboxylic acids is 1. The summed E-state index contributed by atoms with van der Waals surface area (Å²) in [5.41, 5.74) is 2.05. The van der Waals surface area contributed by atoms with Gasteiger partial charge in [-0.2, -0.15) is 0 Å². The second kappa shape index (κ2) is 5.89. The van der Waals surface area contributed by atoms with Gasteiger partial charge in [0.05, 0.1) is 0 Å². The van der Waals surface area contributed by atoms with E-state index in [0.29, 0.717) is 5.92 Å². The Kier molecular flexibility index (Phi) is 4.24. The van der Waals surface area contributed by atoms with E-state index in [9.17, 15) is 4.79 Å². The van der Waals surface area contributed by atoms with Gasteiger partial charge in [0.2, 0.25) is 0 Å². The molecule has 1 atom stereocenters. The number of amides is 2. The van der Waals surface area contributed by atoms with Crippen molar-refractivity contribution < 1.29 is 4.79 Å². The van der Waals surface area contributed by atoms with Crippen LogP contribution >= 0.6 is 0 Å². The molecular formula is C15H22N2O. The molecule has 1 fully saturated rings. The van der Waals surface area contributed by atoms with E-state index in [-0.39, 0.29) is 6.03 Å². The Bertz CT molecular complexity index is 417. The molecular weight excluding hydrogens is 224 g/mol. The first-order valence-electron chi connectivity index (χ1n) is 6.81. The predicted molar refractivity (Wildman–Crippen MR) is 74.8 cm³/mol. The summed E-state index contributed by atoms with van der Waals surface area (Å²) < 4.78 is 0. The molecule has 0 spiro atoms. The minimum absolute atomic E-state index is 0.0405. The van der Waals surface area contributed by atoms with Gasteiger partial charge < -0.3 is 10.2 Å². The van der Waals surface area contributed by atoms with Gasteiger partial charge in [-0.3, -0.25) is 0 Å². The maximum absolute atomic E-state index is 12.2. The Labute approximate surface area is 109 Å². The number of carbonyl (C=O) groups is 1. The van der Waals surface area contributed by atoms with Crippen molar-refractivity contribution in [1.29, 1.82) is 0 Å². The Morgan fingerprint density at radius 2 is 2.33 bits per heavy atom. The van der Waals surface area contributed by atoms with Crippen LogP contribution in [0, 0.1) is 12.8 Å². The molecule has 1 saturated heterocycles. The topological polar surface area (TPSA) is 32.3 Å². The minimum atomic E-state index is 0.0405. The van der Waals surface area contributed by atoms with Crippen LogP contribution in [0.4, 0.5) is 10.5 Å². The molecule has 18 heavy (non-hydrogen) atoms. The monoisotopic (exact) mass is 246 g/mol. The molecule has 1 heterocycles. The number of anilines is 1. The summed E-state index contributed by atoms with van der Waals surface area (Å²) in [6, 6.07) is 7.98. The summed E-state index contributed by atoms with van der Waals surface area (Å²) in [4.78, 5) is 14.1. The first-order chi connectivity index (χ1) is 8.69. The zero-order valence-electron chi connectivity index (χ0n) is 11.3. The van der Waals surface area contributed by atoms with Crippen LogP contribution in [0.5, 0.6) is 0 Å². The summed E-state index contributed by atoms with van der Waals surface area (Å²) in [5, 5.41) is 2.98. The van der Waals surface area contributed by atoms with Crippen molar-refractivity contribution in [2.24, 2.45) is 5.92 Å². The summed E-state index contributed by atoms with van der Waals surface area (Å²) in [6.45, 7) is 6.01. The Balaban J connectivity index is 1.95. The predicted octanol–water partition coefficient (Wildman–Crippen LogP) is 3.65. The van der Waals surface area contributed by atoms with Crippen molar-refractivity contribution in [2.45, 2.75) is 33.1 Å². The molecule has 1 unspecified atom stereocenters. The second-order valence-electron chi connectivity index (χ2n) is 5.16. The number of rotatable bonds is 2. The largest absolute Gasteiger partial charge is 0.324 e. The molecule has 1 N–H and O–H groups in total. The highest BCUT2D eigenvalue weighted by Crippen LogP contribution is 2.20. The van der Waals surface area contributed by atoms with Gasteiger partial charge in [-0.15, -0.1) is 0 Å². The minimum Gasteiger partial charge on any atom is -0.324 e. The highest BCUT2D eigenvalue weighted by Gasteiger charge is 2.22. The van der Waals surface area contributed by atoms with Gasteiger partial charge in [0.25, 0.3) is 0 Å². The summed E-state index contributed by atoms with van der Waals surface area (Å²) in [7, 11) is 0. The zero-order chi connectivity index (χ0) is 13.0. The van der Waals surface area contributed by atoms with Crippen LogP contribution in [-0.4, -0.2) is 24.0 Å². The normalized spacial score (nSPS) is 19.7. The third kappa shape index (κ3) is 3.25. The lowest BCUT2D eigenvalue weighted by Crippen LogP contribution is -2.42. The van der Waals surface area contributed by atoms with Crippen molar-refractivity contribution in [3.05, 3.63) is 29.8 Å². The third-order valence-corrected chi connectivity index (χ3v) is 3.65. The van der Waals surface area contributed by atoms with Crippen LogP contribution in [0.3, 0.4) is 0 Å². The maximum atomic E-state index is 12.2. The van der Waals surface area contributed by atoms with E-state index < -0.39 is 0 Å². The first kappa shape index (κ1) is 12.9. The van der Waals surface area contributed by atoms with Crippen molar-refractivity contribution in [3.8, 4) is 0 Å². The Hall–Kier alpha value is -1.51. The average molecular weight is 246 g/mol. The number of hydrogen-bond acceptors (Lipinski definition) is 1. The fourth-order valence-corrected chi connectivity index (χ4v) is 2.51. The number of benzene rings is 1. The fraction of sp³-hybridized carbons (Fsp3) is 0.533. The summed E-state index contributed by atoms with van der Waals surface area (Å²) in [5.74, 6) is 0.669. The summed E-state index contributed by atoms with van der Waals surface area (Å²) in [6.07, 6.45) is 3.54. The average Bonchev–Trinajstić information content (AvgIpc) is 2.39. The highest BCUT2D eigenvalue weighted by atomic mass is 16.2. The molecule has 3 heteroatoms. The molecule has 1 aromatic carbocycles. The molecule has 2 amide bonds. The number of likely N-dealkylation sites (tertiary alicyclic amines) is 1. The Morgan fingerprint density at radius 3 is 3.06 bits per heavy atom. The van der Waals surface area contributed by atoms with Crippen molar-refractivity contribution in [3.63, 3.8) is 0 Å². The van der Waals surface area contributed by atoms with Crippen LogP contribution in [0.2, 0.25) is 0 Å². The number of nitrogens with one attached hydrogen (secondary N) is 1. The molecule has 0 saturated carbocycles. The lowest BCUT2D eigenvalue weighted by molar-refractivity contribution is 0.176. The third-order valence-electron chi connectivity index (χ3n) is 3.65. The fourth-order valence-electron chi connectivity index (χ4n) is 2.51. The summed E-state index contributed by atoms with van der Waals surface area (Å²) >= 11 is 0. The molecule has 2 rings (SSSR count). The second-order valence-corrected chi connectivity index (χ2v) is 5.16. The van der Waals surface area contributed by atoms with Gasteiger partial charge in [-0.25, -0.2) is 4.79 Å². The van der Waals surface area contributed by atoms with Gasteiger partial charge in [-0.05, 0) is 43.4 Å². The molecule has 0 aliphatic carbocycles. The standard InChI is InChI=1S/C15H22N2O/c1-3-13-7-5-9-17(11-13)15(18)16-14-8-4-6-12(2)10-14/h4,6,8,10,13H,3,5,7,9,11H2,1-2H3,(H,16,18). The van der Waals surface area contributed by atoms with Gasteiger partial charge in [0.1, 0.15) is 0 Å². The zero-order valence-corrected chi connectivity index (χ0v) is 11.3. The molecule has 1 aromatic rings. The lowest BCUT2D eigenvalue weighted by atomic mass is 9.96. The van der Waals surface area contributed by atoms with Gasteiger partial charge in [0, 0.05) is 18.8 Å². The van der Waals surface area contributed by atoms with Crippen LogP contribution in [-0.2, 0) is 0 Å². The SMILES string of the molecule is CCC1CCCN(C(=O)Nc2cccc(C)c2)C1. The molecule has 98 valence electrons. The number of piperidine rings is 1. The van der Waals surface area contributed by atoms with Crippen LogP contribution < -0.4 is 5.32 Å². The van der Waals surface area contributed by atoms with E-state index >= 15 is 0 Å². The molecule has 0 aromatic heterocycles. The van der Waals surface area contributed by atoms with E-state index in [1.807, 2.05) is 36.1 Å². The molecule has 1 aliphatic rings. The van der Waals surface area contributed by atoms with Gasteiger partial charge in [-0.1, -0.05) is 25.5 Å².